The fourth-order valence-electron chi connectivity index (χ4n) is 2.71. The molecule has 1 aromatic carbocycles. The smallest absolute Gasteiger partial charge is 0.238 e. The molecule has 0 radical (unpaired) electrons. The summed E-state index contributed by atoms with van der Waals surface area (Å²) in [4.78, 5) is 11.8. The third-order valence-electron chi connectivity index (χ3n) is 3.97. The zero-order valence-electron chi connectivity index (χ0n) is 12.4. The minimum atomic E-state index is -1.58. The number of anilines is 1. The van der Waals surface area contributed by atoms with Gasteiger partial charge in [0.15, 0.2) is 17.5 Å². The highest BCUT2D eigenvalue weighted by Crippen LogP contribution is 2.20. The van der Waals surface area contributed by atoms with Crippen molar-refractivity contribution in [3.8, 4) is 0 Å². The molecule has 1 saturated carbocycles. The summed E-state index contributed by atoms with van der Waals surface area (Å²) in [6, 6.07) is 2.08. The molecular formula is C16H21F3N2O. The van der Waals surface area contributed by atoms with Gasteiger partial charge in [-0.05, 0) is 25.0 Å². The standard InChI is InChI=1S/C16H21F3N2O/c17-12-8-9-13(16(19)15(12)18)21-14(22)10-20-11-6-4-2-1-3-5-7-11/h8-9,11,20H,1-7,10H2,(H,21,22). The highest BCUT2D eigenvalue weighted by molar-refractivity contribution is 5.92. The van der Waals surface area contributed by atoms with E-state index in [0.29, 0.717) is 0 Å². The molecule has 1 aromatic rings. The van der Waals surface area contributed by atoms with Crippen molar-refractivity contribution in [1.29, 1.82) is 0 Å². The number of halogens is 3. The van der Waals surface area contributed by atoms with Crippen LogP contribution in [0.5, 0.6) is 0 Å². The molecule has 0 saturated heterocycles. The predicted molar refractivity (Wildman–Crippen MR) is 79.1 cm³/mol. The van der Waals surface area contributed by atoms with Gasteiger partial charge in [-0.1, -0.05) is 32.1 Å². The number of benzene rings is 1. The van der Waals surface area contributed by atoms with Crippen LogP contribution in [0.2, 0.25) is 0 Å². The maximum Gasteiger partial charge on any atom is 0.238 e. The number of amides is 1. The van der Waals surface area contributed by atoms with Crippen molar-refractivity contribution in [2.75, 3.05) is 11.9 Å². The Morgan fingerprint density at radius 1 is 1.00 bits per heavy atom. The van der Waals surface area contributed by atoms with E-state index in [9.17, 15) is 18.0 Å². The largest absolute Gasteiger partial charge is 0.322 e. The van der Waals surface area contributed by atoms with E-state index in [1.807, 2.05) is 0 Å². The normalized spacial score (nSPS) is 16.9. The minimum Gasteiger partial charge on any atom is -0.322 e. The van der Waals surface area contributed by atoms with Crippen LogP contribution >= 0.6 is 0 Å². The molecule has 0 aliphatic heterocycles. The Hall–Kier alpha value is -1.56. The first-order valence-electron chi connectivity index (χ1n) is 7.74. The van der Waals surface area contributed by atoms with Gasteiger partial charge in [-0.25, -0.2) is 13.2 Å². The molecule has 0 atom stereocenters. The number of hydrogen-bond acceptors (Lipinski definition) is 2. The van der Waals surface area contributed by atoms with Crippen LogP contribution in [0.1, 0.15) is 44.9 Å². The van der Waals surface area contributed by atoms with Crippen molar-refractivity contribution in [3.63, 3.8) is 0 Å². The number of carbonyl (C=O) groups is 1. The third-order valence-corrected chi connectivity index (χ3v) is 3.97. The van der Waals surface area contributed by atoms with Gasteiger partial charge in [0.2, 0.25) is 5.91 Å². The zero-order valence-corrected chi connectivity index (χ0v) is 12.4. The summed E-state index contributed by atoms with van der Waals surface area (Å²) in [6.45, 7) is 0.0309. The van der Waals surface area contributed by atoms with E-state index < -0.39 is 23.4 Å². The number of carbonyl (C=O) groups excluding carboxylic acids is 1. The van der Waals surface area contributed by atoms with Crippen LogP contribution < -0.4 is 10.6 Å². The minimum absolute atomic E-state index is 0.0309. The molecule has 2 rings (SSSR count). The van der Waals surface area contributed by atoms with Gasteiger partial charge in [0.1, 0.15) is 0 Å². The first-order valence-corrected chi connectivity index (χ1v) is 7.74. The van der Waals surface area contributed by atoms with Crippen molar-refractivity contribution in [2.45, 2.75) is 51.0 Å². The molecule has 6 heteroatoms. The fraction of sp³-hybridized carbons (Fsp3) is 0.562. The molecule has 1 aliphatic carbocycles. The summed E-state index contributed by atoms with van der Waals surface area (Å²) >= 11 is 0. The number of nitrogens with one attached hydrogen (secondary N) is 2. The number of hydrogen-bond donors (Lipinski definition) is 2. The lowest BCUT2D eigenvalue weighted by Gasteiger charge is -2.20. The van der Waals surface area contributed by atoms with E-state index in [-0.39, 0.29) is 18.3 Å². The van der Waals surface area contributed by atoms with Crippen molar-refractivity contribution in [3.05, 3.63) is 29.6 Å². The monoisotopic (exact) mass is 314 g/mol. The maximum atomic E-state index is 13.5. The second-order valence-corrected chi connectivity index (χ2v) is 5.69. The van der Waals surface area contributed by atoms with E-state index in [2.05, 4.69) is 10.6 Å². The molecule has 0 spiro atoms. The van der Waals surface area contributed by atoms with E-state index in [1.54, 1.807) is 0 Å². The average molecular weight is 314 g/mol. The number of rotatable bonds is 4. The van der Waals surface area contributed by atoms with Gasteiger partial charge in [0.05, 0.1) is 12.2 Å². The maximum absolute atomic E-state index is 13.5. The van der Waals surface area contributed by atoms with Crippen LogP contribution in [0.3, 0.4) is 0 Å². The average Bonchev–Trinajstić information content (AvgIpc) is 2.47. The summed E-state index contributed by atoms with van der Waals surface area (Å²) in [7, 11) is 0. The summed E-state index contributed by atoms with van der Waals surface area (Å²) < 4.78 is 39.4. The van der Waals surface area contributed by atoms with Crippen molar-refractivity contribution >= 4 is 11.6 Å². The Labute approximate surface area is 128 Å². The summed E-state index contributed by atoms with van der Waals surface area (Å²) in [5.41, 5.74) is -0.344. The Bertz CT molecular complexity index is 514. The van der Waals surface area contributed by atoms with Gasteiger partial charge in [-0.15, -0.1) is 0 Å². The van der Waals surface area contributed by atoms with Crippen LogP contribution in [0.4, 0.5) is 18.9 Å². The molecule has 122 valence electrons. The molecule has 0 aromatic heterocycles. The predicted octanol–water partition coefficient (Wildman–Crippen LogP) is 3.74. The van der Waals surface area contributed by atoms with Crippen LogP contribution in [0, 0.1) is 17.5 Å². The lowest BCUT2D eigenvalue weighted by Crippen LogP contribution is -2.36. The molecule has 0 bridgehead atoms. The van der Waals surface area contributed by atoms with Crippen LogP contribution in [0.25, 0.3) is 0 Å². The van der Waals surface area contributed by atoms with E-state index >= 15 is 0 Å². The molecule has 2 N–H and O–H groups in total. The zero-order chi connectivity index (χ0) is 15.9. The second-order valence-electron chi connectivity index (χ2n) is 5.69. The highest BCUT2D eigenvalue weighted by Gasteiger charge is 2.16. The first kappa shape index (κ1) is 16.8. The lowest BCUT2D eigenvalue weighted by atomic mass is 9.97. The second kappa shape index (κ2) is 8.17. The van der Waals surface area contributed by atoms with Gasteiger partial charge in [-0.3, -0.25) is 4.79 Å². The fourth-order valence-corrected chi connectivity index (χ4v) is 2.71. The Kier molecular flexibility index (Phi) is 6.24. The van der Waals surface area contributed by atoms with E-state index in [1.165, 1.54) is 19.3 Å². The quantitative estimate of drug-likeness (QED) is 0.831. The molecule has 1 aliphatic rings. The molecule has 1 fully saturated rings. The van der Waals surface area contributed by atoms with Gasteiger partial charge < -0.3 is 10.6 Å². The molecular weight excluding hydrogens is 293 g/mol. The van der Waals surface area contributed by atoms with Gasteiger partial charge in [-0.2, -0.15) is 0 Å². The van der Waals surface area contributed by atoms with Crippen molar-refractivity contribution < 1.29 is 18.0 Å². The van der Waals surface area contributed by atoms with Crippen LogP contribution in [0.15, 0.2) is 12.1 Å². The summed E-state index contributed by atoms with van der Waals surface area (Å²) in [6.07, 6.45) is 8.01. The first-order chi connectivity index (χ1) is 10.6. The van der Waals surface area contributed by atoms with E-state index in [4.69, 9.17) is 0 Å². The van der Waals surface area contributed by atoms with Gasteiger partial charge in [0.25, 0.3) is 0 Å². The van der Waals surface area contributed by atoms with Gasteiger partial charge >= 0.3 is 0 Å². The third kappa shape index (κ3) is 4.73. The molecule has 0 heterocycles. The SMILES string of the molecule is O=C(CNC1CCCCCCC1)Nc1ccc(F)c(F)c1F. The Morgan fingerprint density at radius 2 is 1.64 bits per heavy atom. The van der Waals surface area contributed by atoms with Crippen molar-refractivity contribution in [2.24, 2.45) is 0 Å². The summed E-state index contributed by atoms with van der Waals surface area (Å²) in [5.74, 6) is -4.69. The molecule has 22 heavy (non-hydrogen) atoms. The highest BCUT2D eigenvalue weighted by atomic mass is 19.2. The van der Waals surface area contributed by atoms with E-state index in [0.717, 1.165) is 37.8 Å². The lowest BCUT2D eigenvalue weighted by molar-refractivity contribution is -0.115. The van der Waals surface area contributed by atoms with Crippen molar-refractivity contribution in [1.82, 2.24) is 5.32 Å². The summed E-state index contributed by atoms with van der Waals surface area (Å²) in [5, 5.41) is 5.42. The van der Waals surface area contributed by atoms with Gasteiger partial charge in [0, 0.05) is 6.04 Å². The molecule has 0 unspecified atom stereocenters. The topological polar surface area (TPSA) is 41.1 Å². The van der Waals surface area contributed by atoms with Crippen LogP contribution in [-0.2, 0) is 4.79 Å². The molecule has 1 amide bonds. The Balaban J connectivity index is 1.83. The van der Waals surface area contributed by atoms with Crippen LogP contribution in [-0.4, -0.2) is 18.5 Å². The Morgan fingerprint density at radius 3 is 2.32 bits per heavy atom. The molecule has 3 nitrogen and oxygen atoms in total.